The van der Waals surface area contributed by atoms with Crippen LogP contribution in [-0.2, 0) is 14.4 Å². The number of carbonyl (C=O) groups excluding carboxylic acids is 4. The predicted molar refractivity (Wildman–Crippen MR) is 187 cm³/mol. The van der Waals surface area contributed by atoms with Crippen molar-refractivity contribution in [3.05, 3.63) is 137 Å². The zero-order valence-electron chi connectivity index (χ0n) is 25.2. The molecule has 236 valence electrons. The average Bonchev–Trinajstić information content (AvgIpc) is 3.85. The van der Waals surface area contributed by atoms with Gasteiger partial charge in [0.1, 0.15) is 11.2 Å². The first kappa shape index (κ1) is 30.9. The summed E-state index contributed by atoms with van der Waals surface area (Å²) < 4.78 is 5.83. The molecule has 0 saturated carbocycles. The predicted octanol–water partition coefficient (Wildman–Crippen LogP) is 7.39. The number of thiophene rings is 1. The molecule has 11 heteroatoms. The summed E-state index contributed by atoms with van der Waals surface area (Å²) in [6, 6.07) is 32.0. The SMILES string of the molecule is O=C(Nc1ccc(SC2CC(=O)N(c3ccc(-c4nc5ccccc5o4)cc3)C2=O)cc1)/C(=C/c1ccsc1)NC(=O)c1ccccc1. The van der Waals surface area contributed by atoms with E-state index in [4.69, 9.17) is 4.42 Å². The van der Waals surface area contributed by atoms with Crippen LogP contribution in [0.25, 0.3) is 28.6 Å². The van der Waals surface area contributed by atoms with Crippen LogP contribution < -0.4 is 15.5 Å². The second-order valence-corrected chi connectivity index (χ2v) is 12.9. The number of amides is 4. The number of hydrogen-bond acceptors (Lipinski definition) is 8. The van der Waals surface area contributed by atoms with E-state index in [2.05, 4.69) is 15.6 Å². The van der Waals surface area contributed by atoms with Gasteiger partial charge in [-0.3, -0.25) is 19.2 Å². The number of para-hydroxylation sites is 2. The zero-order chi connectivity index (χ0) is 33.0. The minimum Gasteiger partial charge on any atom is -0.436 e. The van der Waals surface area contributed by atoms with Crippen LogP contribution in [0.4, 0.5) is 11.4 Å². The maximum atomic E-state index is 13.4. The maximum Gasteiger partial charge on any atom is 0.272 e. The van der Waals surface area contributed by atoms with E-state index in [1.54, 1.807) is 78.9 Å². The second kappa shape index (κ2) is 13.5. The van der Waals surface area contributed by atoms with E-state index >= 15 is 0 Å². The number of nitrogens with one attached hydrogen (secondary N) is 2. The summed E-state index contributed by atoms with van der Waals surface area (Å²) in [5.41, 5.74) is 4.46. The fraction of sp³-hybridized carbons (Fsp3) is 0.0541. The second-order valence-electron chi connectivity index (χ2n) is 10.8. The quantitative estimate of drug-likeness (QED) is 0.122. The molecule has 7 rings (SSSR count). The summed E-state index contributed by atoms with van der Waals surface area (Å²) in [6.07, 6.45) is 1.68. The molecule has 48 heavy (non-hydrogen) atoms. The van der Waals surface area contributed by atoms with Crippen molar-refractivity contribution in [2.45, 2.75) is 16.6 Å². The summed E-state index contributed by atoms with van der Waals surface area (Å²) in [5.74, 6) is -1.00. The van der Waals surface area contributed by atoms with Crippen LogP contribution in [0.5, 0.6) is 0 Å². The van der Waals surface area contributed by atoms with Gasteiger partial charge < -0.3 is 15.1 Å². The van der Waals surface area contributed by atoms with Crippen LogP contribution in [0.2, 0.25) is 0 Å². The zero-order valence-corrected chi connectivity index (χ0v) is 26.8. The molecule has 1 atom stereocenters. The highest BCUT2D eigenvalue weighted by Gasteiger charge is 2.40. The topological polar surface area (TPSA) is 122 Å². The first-order chi connectivity index (χ1) is 23.4. The molecule has 0 spiro atoms. The Bertz CT molecular complexity index is 2130. The lowest BCUT2D eigenvalue weighted by atomic mass is 10.2. The summed E-state index contributed by atoms with van der Waals surface area (Å²) in [5, 5.41) is 8.72. The minimum absolute atomic E-state index is 0.0622. The monoisotopic (exact) mass is 670 g/mol. The molecule has 0 radical (unpaired) electrons. The fourth-order valence-corrected chi connectivity index (χ4v) is 6.83. The highest BCUT2D eigenvalue weighted by atomic mass is 32.2. The van der Waals surface area contributed by atoms with Crippen molar-refractivity contribution in [3.63, 3.8) is 0 Å². The molecule has 0 aliphatic carbocycles. The summed E-state index contributed by atoms with van der Waals surface area (Å²) >= 11 is 2.77. The van der Waals surface area contributed by atoms with E-state index < -0.39 is 17.1 Å². The number of hydrogen-bond donors (Lipinski definition) is 2. The number of anilines is 2. The molecule has 1 aliphatic heterocycles. The number of thioether (sulfide) groups is 1. The van der Waals surface area contributed by atoms with Gasteiger partial charge in [-0.2, -0.15) is 11.3 Å². The van der Waals surface area contributed by atoms with E-state index in [1.165, 1.54) is 28.0 Å². The third-order valence-electron chi connectivity index (χ3n) is 7.55. The van der Waals surface area contributed by atoms with E-state index in [-0.39, 0.29) is 23.9 Å². The Morgan fingerprint density at radius 1 is 0.896 bits per heavy atom. The Labute approximate surface area is 283 Å². The maximum absolute atomic E-state index is 13.4. The van der Waals surface area contributed by atoms with Gasteiger partial charge in [0.2, 0.25) is 17.7 Å². The van der Waals surface area contributed by atoms with Crippen molar-refractivity contribution in [3.8, 4) is 11.5 Å². The van der Waals surface area contributed by atoms with E-state index in [0.29, 0.717) is 28.4 Å². The fourth-order valence-electron chi connectivity index (χ4n) is 5.16. The Morgan fingerprint density at radius 3 is 2.38 bits per heavy atom. The molecule has 3 heterocycles. The lowest BCUT2D eigenvalue weighted by molar-refractivity contribution is -0.121. The van der Waals surface area contributed by atoms with Crippen LogP contribution in [0, 0.1) is 0 Å². The molecule has 6 aromatic rings. The standard InChI is InChI=1S/C37H26N4O5S2/c42-33-21-32(37(45)41(33)27-14-10-25(11-15-27)36-40-29-8-4-5-9-31(29)46-36)48-28-16-12-26(13-17-28)38-35(44)30(20-23-18-19-47-22-23)39-34(43)24-6-2-1-3-7-24/h1-20,22,32H,21H2,(H,38,44)(H,39,43)/b30-20-. The Balaban J connectivity index is 0.997. The molecule has 9 nitrogen and oxygen atoms in total. The number of fused-ring (bicyclic) bond motifs is 1. The van der Waals surface area contributed by atoms with E-state index in [1.807, 2.05) is 47.2 Å². The Morgan fingerprint density at radius 2 is 1.65 bits per heavy atom. The smallest absolute Gasteiger partial charge is 0.272 e. The highest BCUT2D eigenvalue weighted by Crippen LogP contribution is 2.35. The van der Waals surface area contributed by atoms with Gasteiger partial charge in [-0.1, -0.05) is 30.3 Å². The molecule has 0 bridgehead atoms. The number of oxazole rings is 1. The lowest BCUT2D eigenvalue weighted by Gasteiger charge is -2.15. The van der Waals surface area contributed by atoms with Gasteiger partial charge in [0.15, 0.2) is 5.58 Å². The van der Waals surface area contributed by atoms with Gasteiger partial charge in [-0.25, -0.2) is 9.88 Å². The molecule has 1 fully saturated rings. The highest BCUT2D eigenvalue weighted by molar-refractivity contribution is 8.00. The number of aromatic nitrogens is 1. The number of imide groups is 1. The van der Waals surface area contributed by atoms with Crippen molar-refractivity contribution in [2.24, 2.45) is 0 Å². The summed E-state index contributed by atoms with van der Waals surface area (Å²) in [7, 11) is 0. The molecule has 1 saturated heterocycles. The van der Waals surface area contributed by atoms with Gasteiger partial charge in [0.25, 0.3) is 11.8 Å². The molecule has 2 aromatic heterocycles. The van der Waals surface area contributed by atoms with Gasteiger partial charge in [-0.15, -0.1) is 11.8 Å². The summed E-state index contributed by atoms with van der Waals surface area (Å²) in [4.78, 5) is 58.9. The molecule has 2 N–H and O–H groups in total. The Kier molecular flexibility index (Phi) is 8.69. The first-order valence-electron chi connectivity index (χ1n) is 14.9. The van der Waals surface area contributed by atoms with Crippen molar-refractivity contribution in [2.75, 3.05) is 10.2 Å². The van der Waals surface area contributed by atoms with E-state index in [0.717, 1.165) is 21.5 Å². The average molecular weight is 671 g/mol. The van der Waals surface area contributed by atoms with Crippen molar-refractivity contribution < 1.29 is 23.6 Å². The normalized spacial score (nSPS) is 14.8. The molecule has 1 aliphatic rings. The van der Waals surface area contributed by atoms with Crippen LogP contribution >= 0.6 is 23.1 Å². The lowest BCUT2D eigenvalue weighted by Crippen LogP contribution is -2.31. The van der Waals surface area contributed by atoms with Crippen molar-refractivity contribution in [1.82, 2.24) is 10.3 Å². The van der Waals surface area contributed by atoms with Crippen LogP contribution in [0.3, 0.4) is 0 Å². The number of carbonyl (C=O) groups is 4. The summed E-state index contributed by atoms with van der Waals surface area (Å²) in [6.45, 7) is 0. The van der Waals surface area contributed by atoms with Crippen LogP contribution in [0.15, 0.2) is 135 Å². The molecule has 1 unspecified atom stereocenters. The Hall–Kier alpha value is -5.78. The van der Waals surface area contributed by atoms with Gasteiger partial charge in [0, 0.05) is 28.1 Å². The van der Waals surface area contributed by atoms with Gasteiger partial charge >= 0.3 is 0 Å². The number of nitrogens with zero attached hydrogens (tertiary/aromatic N) is 2. The van der Waals surface area contributed by atoms with Crippen molar-refractivity contribution >= 4 is 75.3 Å². The minimum atomic E-state index is -0.594. The molecule has 4 amide bonds. The van der Waals surface area contributed by atoms with E-state index in [9.17, 15) is 19.2 Å². The van der Waals surface area contributed by atoms with Crippen molar-refractivity contribution in [1.29, 1.82) is 0 Å². The molecular weight excluding hydrogens is 645 g/mol. The molecule has 4 aromatic carbocycles. The number of benzene rings is 4. The number of rotatable bonds is 9. The van der Waals surface area contributed by atoms with Crippen LogP contribution in [-0.4, -0.2) is 33.9 Å². The third-order valence-corrected chi connectivity index (χ3v) is 9.44. The van der Waals surface area contributed by atoms with Crippen LogP contribution in [0.1, 0.15) is 22.3 Å². The van der Waals surface area contributed by atoms with Gasteiger partial charge in [0.05, 0.1) is 10.9 Å². The molecular formula is C37H26N4O5S2. The largest absolute Gasteiger partial charge is 0.436 e. The first-order valence-corrected chi connectivity index (χ1v) is 16.7. The third kappa shape index (κ3) is 6.68. The van der Waals surface area contributed by atoms with Gasteiger partial charge in [-0.05, 0) is 101 Å².